The van der Waals surface area contributed by atoms with Crippen molar-refractivity contribution in [1.29, 1.82) is 0 Å². The van der Waals surface area contributed by atoms with E-state index in [1.54, 1.807) is 0 Å². The standard InChI is InChI=1S/C11H18NOP/c1-7-11(13)9-5-3-2-4-8(6-14)10(9)12-7/h7-9H,2-6,14H2,1H3. The zero-order valence-electron chi connectivity index (χ0n) is 8.70. The average Bonchev–Trinajstić information content (AvgIpc) is 2.41. The van der Waals surface area contributed by atoms with Gasteiger partial charge in [-0.1, -0.05) is 12.8 Å². The van der Waals surface area contributed by atoms with Gasteiger partial charge < -0.3 is 0 Å². The molecule has 0 N–H and O–H groups in total. The van der Waals surface area contributed by atoms with Crippen molar-refractivity contribution < 1.29 is 4.79 Å². The second kappa shape index (κ2) is 4.10. The molecule has 0 aromatic heterocycles. The molecule has 0 amide bonds. The molecule has 2 nitrogen and oxygen atoms in total. The summed E-state index contributed by atoms with van der Waals surface area (Å²) in [6, 6.07) is -0.0628. The molecule has 4 atom stereocenters. The van der Waals surface area contributed by atoms with Crippen LogP contribution in [-0.4, -0.2) is 23.7 Å². The van der Waals surface area contributed by atoms with E-state index in [4.69, 9.17) is 0 Å². The van der Waals surface area contributed by atoms with Gasteiger partial charge in [0.2, 0.25) is 0 Å². The predicted molar refractivity (Wildman–Crippen MR) is 61.9 cm³/mol. The SMILES string of the molecule is CC1N=C2C(CP)CCCCC2C1=O. The molecule has 0 bridgehead atoms. The zero-order chi connectivity index (χ0) is 10.1. The van der Waals surface area contributed by atoms with Crippen molar-refractivity contribution in [2.24, 2.45) is 16.8 Å². The molecule has 1 heterocycles. The molecular weight excluding hydrogens is 193 g/mol. The predicted octanol–water partition coefficient (Wildman–Crippen LogP) is 2.08. The molecule has 1 saturated carbocycles. The molecule has 0 aromatic carbocycles. The Morgan fingerprint density at radius 2 is 2.14 bits per heavy atom. The van der Waals surface area contributed by atoms with Gasteiger partial charge in [-0.25, -0.2) is 0 Å². The number of rotatable bonds is 1. The molecule has 78 valence electrons. The van der Waals surface area contributed by atoms with Gasteiger partial charge in [0.15, 0.2) is 5.78 Å². The molecular formula is C11H18NOP. The molecule has 0 spiro atoms. The van der Waals surface area contributed by atoms with Crippen LogP contribution in [-0.2, 0) is 4.79 Å². The van der Waals surface area contributed by atoms with Gasteiger partial charge >= 0.3 is 0 Å². The third-order valence-electron chi connectivity index (χ3n) is 3.45. The van der Waals surface area contributed by atoms with Gasteiger partial charge in [0, 0.05) is 11.6 Å². The van der Waals surface area contributed by atoms with Crippen LogP contribution in [0.3, 0.4) is 0 Å². The number of aliphatic imine (C=N–C) groups is 1. The lowest BCUT2D eigenvalue weighted by Crippen LogP contribution is -2.25. The molecule has 2 rings (SSSR count). The molecule has 0 saturated heterocycles. The Kier molecular flexibility index (Phi) is 3.02. The van der Waals surface area contributed by atoms with Crippen LogP contribution in [0.2, 0.25) is 0 Å². The van der Waals surface area contributed by atoms with Crippen LogP contribution in [0.15, 0.2) is 4.99 Å². The molecule has 14 heavy (non-hydrogen) atoms. The maximum atomic E-state index is 11.8. The highest BCUT2D eigenvalue weighted by atomic mass is 31.0. The van der Waals surface area contributed by atoms with Crippen LogP contribution in [0.1, 0.15) is 32.6 Å². The van der Waals surface area contributed by atoms with Crippen molar-refractivity contribution in [3.63, 3.8) is 0 Å². The van der Waals surface area contributed by atoms with Crippen molar-refractivity contribution in [3.8, 4) is 0 Å². The van der Waals surface area contributed by atoms with E-state index >= 15 is 0 Å². The number of carbonyl (C=O) groups excluding carboxylic acids is 1. The fourth-order valence-corrected chi connectivity index (χ4v) is 3.10. The average molecular weight is 211 g/mol. The number of ketones is 1. The summed E-state index contributed by atoms with van der Waals surface area (Å²) >= 11 is 0. The minimum Gasteiger partial charge on any atom is -0.297 e. The Labute approximate surface area is 87.8 Å². The lowest BCUT2D eigenvalue weighted by Gasteiger charge is -2.15. The number of Topliss-reactive ketones (excluding diaryl/α,β-unsaturated/α-hetero) is 1. The van der Waals surface area contributed by atoms with Gasteiger partial charge in [0.25, 0.3) is 0 Å². The van der Waals surface area contributed by atoms with E-state index in [0.717, 1.165) is 12.6 Å². The van der Waals surface area contributed by atoms with Crippen molar-refractivity contribution >= 4 is 20.7 Å². The number of fused-ring (bicyclic) bond motifs is 1. The Morgan fingerprint density at radius 1 is 1.43 bits per heavy atom. The molecule has 2 aliphatic rings. The van der Waals surface area contributed by atoms with Crippen LogP contribution in [0, 0.1) is 11.8 Å². The summed E-state index contributed by atoms with van der Waals surface area (Å²) < 4.78 is 0. The lowest BCUT2D eigenvalue weighted by molar-refractivity contribution is -0.121. The normalized spacial score (nSPS) is 37.7. The fraction of sp³-hybridized carbons (Fsp3) is 0.818. The Hall–Kier alpha value is -0.230. The Morgan fingerprint density at radius 3 is 2.86 bits per heavy atom. The first-order valence-corrected chi connectivity index (χ1v) is 6.37. The summed E-state index contributed by atoms with van der Waals surface area (Å²) in [4.78, 5) is 16.4. The van der Waals surface area contributed by atoms with E-state index in [-0.39, 0.29) is 12.0 Å². The highest BCUT2D eigenvalue weighted by Crippen LogP contribution is 2.32. The van der Waals surface area contributed by atoms with Crippen LogP contribution < -0.4 is 0 Å². The van der Waals surface area contributed by atoms with Crippen LogP contribution in [0.25, 0.3) is 0 Å². The first-order chi connectivity index (χ1) is 6.74. The quantitative estimate of drug-likeness (QED) is 0.610. The van der Waals surface area contributed by atoms with Gasteiger partial charge in [0.1, 0.15) is 6.04 Å². The lowest BCUT2D eigenvalue weighted by atomic mass is 9.90. The van der Waals surface area contributed by atoms with Crippen LogP contribution >= 0.6 is 9.24 Å². The monoisotopic (exact) mass is 211 g/mol. The molecule has 0 aromatic rings. The van der Waals surface area contributed by atoms with Gasteiger partial charge in [-0.2, -0.15) is 0 Å². The first-order valence-electron chi connectivity index (χ1n) is 5.55. The fourth-order valence-electron chi connectivity index (χ4n) is 2.62. The van der Waals surface area contributed by atoms with E-state index in [9.17, 15) is 4.79 Å². The molecule has 3 heteroatoms. The topological polar surface area (TPSA) is 29.4 Å². The summed E-state index contributed by atoms with van der Waals surface area (Å²) in [6.07, 6.45) is 5.79. The van der Waals surface area contributed by atoms with E-state index in [2.05, 4.69) is 14.2 Å². The maximum Gasteiger partial charge on any atom is 0.165 e. The summed E-state index contributed by atoms with van der Waals surface area (Å²) in [5.74, 6) is 1.10. The van der Waals surface area contributed by atoms with Crippen molar-refractivity contribution in [2.45, 2.75) is 38.6 Å². The third kappa shape index (κ3) is 1.65. The number of nitrogens with zero attached hydrogens (tertiary/aromatic N) is 1. The first kappa shape index (κ1) is 10.3. The summed E-state index contributed by atoms with van der Waals surface area (Å²) in [5.41, 5.74) is 1.22. The van der Waals surface area contributed by atoms with Crippen LogP contribution in [0.5, 0.6) is 0 Å². The number of carbonyl (C=O) groups is 1. The molecule has 4 unspecified atom stereocenters. The highest BCUT2D eigenvalue weighted by Gasteiger charge is 2.38. The van der Waals surface area contributed by atoms with E-state index in [1.165, 1.54) is 25.0 Å². The highest BCUT2D eigenvalue weighted by molar-refractivity contribution is 7.16. The van der Waals surface area contributed by atoms with Crippen molar-refractivity contribution in [1.82, 2.24) is 0 Å². The van der Waals surface area contributed by atoms with Gasteiger partial charge in [0.05, 0.1) is 5.92 Å². The summed E-state index contributed by atoms with van der Waals surface area (Å²) in [5, 5.41) is 0. The van der Waals surface area contributed by atoms with E-state index < -0.39 is 0 Å². The Bertz CT molecular complexity index is 274. The van der Waals surface area contributed by atoms with E-state index in [1.807, 2.05) is 6.92 Å². The van der Waals surface area contributed by atoms with Crippen molar-refractivity contribution in [2.75, 3.05) is 6.16 Å². The maximum absolute atomic E-state index is 11.8. The van der Waals surface area contributed by atoms with Crippen molar-refractivity contribution in [3.05, 3.63) is 0 Å². The molecule has 1 aliphatic carbocycles. The molecule has 0 radical (unpaired) electrons. The van der Waals surface area contributed by atoms with Gasteiger partial charge in [-0.05, 0) is 25.9 Å². The van der Waals surface area contributed by atoms with Gasteiger partial charge in [-0.15, -0.1) is 9.24 Å². The largest absolute Gasteiger partial charge is 0.297 e. The summed E-state index contributed by atoms with van der Waals surface area (Å²) in [6.45, 7) is 1.93. The smallest absolute Gasteiger partial charge is 0.165 e. The minimum absolute atomic E-state index is 0.0628. The van der Waals surface area contributed by atoms with Crippen LogP contribution in [0.4, 0.5) is 0 Å². The number of hydrogen-bond donors (Lipinski definition) is 0. The minimum atomic E-state index is -0.0628. The zero-order valence-corrected chi connectivity index (χ0v) is 9.86. The molecule has 1 aliphatic heterocycles. The van der Waals surface area contributed by atoms with E-state index in [0.29, 0.717) is 11.7 Å². The molecule has 1 fully saturated rings. The second-order valence-electron chi connectivity index (χ2n) is 4.40. The second-order valence-corrected chi connectivity index (χ2v) is 4.87. The Balaban J connectivity index is 2.25. The summed E-state index contributed by atoms with van der Waals surface area (Å²) in [7, 11) is 2.80. The number of hydrogen-bond acceptors (Lipinski definition) is 2. The third-order valence-corrected chi connectivity index (χ3v) is 4.02. The van der Waals surface area contributed by atoms with Gasteiger partial charge in [-0.3, -0.25) is 9.79 Å².